The maximum absolute atomic E-state index is 12.9. The first-order valence-corrected chi connectivity index (χ1v) is 12.7. The molecule has 2 aromatic carbocycles. The SMILES string of the molecule is COc1cc(CC(=O)NC(CC(C)C)C2=NC(CCC(=O)O)CO2)ccc1NC(=O)Nc1ccccc1C. The summed E-state index contributed by atoms with van der Waals surface area (Å²) in [5.74, 6) is 0.0687. The minimum absolute atomic E-state index is 0.0201. The molecular formula is C28H36N4O6. The second-order valence-electron chi connectivity index (χ2n) is 9.72. The molecule has 0 radical (unpaired) electrons. The van der Waals surface area contributed by atoms with Crippen LogP contribution in [0.15, 0.2) is 47.5 Å². The number of amides is 3. The number of ether oxygens (including phenoxy) is 2. The Morgan fingerprint density at radius 3 is 2.55 bits per heavy atom. The largest absolute Gasteiger partial charge is 0.495 e. The third kappa shape index (κ3) is 8.50. The Balaban J connectivity index is 1.62. The summed E-state index contributed by atoms with van der Waals surface area (Å²) in [6.45, 7) is 6.31. The molecule has 3 rings (SSSR count). The van der Waals surface area contributed by atoms with Gasteiger partial charge in [-0.1, -0.05) is 38.1 Å². The molecule has 1 aliphatic heterocycles. The summed E-state index contributed by atoms with van der Waals surface area (Å²) in [7, 11) is 1.50. The molecule has 204 valence electrons. The van der Waals surface area contributed by atoms with Gasteiger partial charge in [0.15, 0.2) is 0 Å². The van der Waals surface area contributed by atoms with Crippen LogP contribution in [0.5, 0.6) is 5.75 Å². The van der Waals surface area contributed by atoms with E-state index in [1.165, 1.54) is 7.11 Å². The predicted octanol–water partition coefficient (Wildman–Crippen LogP) is 4.38. The second kappa shape index (κ2) is 13.5. The lowest BCUT2D eigenvalue weighted by Gasteiger charge is -2.20. The average Bonchev–Trinajstić information content (AvgIpc) is 3.33. The number of urea groups is 1. The lowest BCUT2D eigenvalue weighted by molar-refractivity contribution is -0.137. The first kappa shape index (κ1) is 28.5. The number of benzene rings is 2. The molecular weight excluding hydrogens is 488 g/mol. The smallest absolute Gasteiger partial charge is 0.323 e. The van der Waals surface area contributed by atoms with E-state index in [1.807, 2.05) is 45.0 Å². The molecule has 0 aliphatic carbocycles. The van der Waals surface area contributed by atoms with Gasteiger partial charge in [-0.25, -0.2) is 9.79 Å². The maximum atomic E-state index is 12.9. The summed E-state index contributed by atoms with van der Waals surface area (Å²) in [4.78, 5) is 40.8. The number of nitrogens with zero attached hydrogens (tertiary/aromatic N) is 1. The molecule has 2 aromatic rings. The number of carbonyl (C=O) groups excluding carboxylic acids is 2. The Labute approximate surface area is 222 Å². The predicted molar refractivity (Wildman–Crippen MR) is 146 cm³/mol. The van der Waals surface area contributed by atoms with Crippen molar-refractivity contribution in [3.63, 3.8) is 0 Å². The summed E-state index contributed by atoms with van der Waals surface area (Å²) in [6.07, 6.45) is 1.14. The van der Waals surface area contributed by atoms with Gasteiger partial charge in [0, 0.05) is 12.1 Å². The fraction of sp³-hybridized carbons (Fsp3) is 0.429. The molecule has 0 spiro atoms. The number of anilines is 2. The van der Waals surface area contributed by atoms with Gasteiger partial charge in [0.1, 0.15) is 18.4 Å². The van der Waals surface area contributed by atoms with Crippen molar-refractivity contribution in [2.75, 3.05) is 24.4 Å². The number of rotatable bonds is 12. The fourth-order valence-electron chi connectivity index (χ4n) is 4.13. The van der Waals surface area contributed by atoms with Gasteiger partial charge >= 0.3 is 12.0 Å². The summed E-state index contributed by atoms with van der Waals surface area (Å²) < 4.78 is 11.2. The molecule has 0 saturated carbocycles. The van der Waals surface area contributed by atoms with E-state index in [4.69, 9.17) is 14.6 Å². The number of nitrogens with one attached hydrogen (secondary N) is 3. The normalized spacial score (nSPS) is 15.3. The van der Waals surface area contributed by atoms with E-state index in [0.717, 1.165) is 5.56 Å². The van der Waals surface area contributed by atoms with E-state index >= 15 is 0 Å². The molecule has 4 N–H and O–H groups in total. The monoisotopic (exact) mass is 524 g/mol. The number of aliphatic imine (C=N–C) groups is 1. The highest BCUT2D eigenvalue weighted by Crippen LogP contribution is 2.26. The van der Waals surface area contributed by atoms with E-state index < -0.39 is 18.0 Å². The molecule has 2 unspecified atom stereocenters. The molecule has 0 fully saturated rings. The van der Waals surface area contributed by atoms with Crippen LogP contribution in [-0.4, -0.2) is 54.7 Å². The third-order valence-corrected chi connectivity index (χ3v) is 6.04. The topological polar surface area (TPSA) is 138 Å². The number of aryl methyl sites for hydroxylation is 1. The first-order chi connectivity index (χ1) is 18.1. The number of carbonyl (C=O) groups is 3. The van der Waals surface area contributed by atoms with Gasteiger partial charge in [0.05, 0.1) is 25.3 Å². The Kier molecular flexibility index (Phi) is 10.1. The average molecular weight is 525 g/mol. The van der Waals surface area contributed by atoms with Gasteiger partial charge < -0.3 is 30.5 Å². The van der Waals surface area contributed by atoms with Gasteiger partial charge in [0.25, 0.3) is 0 Å². The zero-order valence-electron chi connectivity index (χ0n) is 22.2. The van der Waals surface area contributed by atoms with Crippen LogP contribution in [0, 0.1) is 12.8 Å². The minimum atomic E-state index is -0.871. The highest BCUT2D eigenvalue weighted by atomic mass is 16.5. The van der Waals surface area contributed by atoms with Crippen LogP contribution in [-0.2, 0) is 20.7 Å². The fourth-order valence-corrected chi connectivity index (χ4v) is 4.13. The van der Waals surface area contributed by atoms with Gasteiger partial charge in [-0.15, -0.1) is 0 Å². The van der Waals surface area contributed by atoms with Crippen molar-refractivity contribution < 1.29 is 29.0 Å². The summed E-state index contributed by atoms with van der Waals surface area (Å²) in [6, 6.07) is 11.6. The molecule has 0 saturated heterocycles. The lowest BCUT2D eigenvalue weighted by atomic mass is 10.0. The number of aliphatic carboxylic acids is 1. The van der Waals surface area contributed by atoms with Crippen molar-refractivity contribution in [2.24, 2.45) is 10.9 Å². The first-order valence-electron chi connectivity index (χ1n) is 12.7. The molecule has 2 atom stereocenters. The highest BCUT2D eigenvalue weighted by molar-refractivity contribution is 6.01. The van der Waals surface area contributed by atoms with E-state index in [-0.39, 0.29) is 30.7 Å². The van der Waals surface area contributed by atoms with E-state index in [9.17, 15) is 14.4 Å². The van der Waals surface area contributed by atoms with Gasteiger partial charge in [0.2, 0.25) is 11.8 Å². The zero-order chi connectivity index (χ0) is 27.7. The Morgan fingerprint density at radius 1 is 1.13 bits per heavy atom. The Bertz CT molecular complexity index is 1180. The highest BCUT2D eigenvalue weighted by Gasteiger charge is 2.28. The van der Waals surface area contributed by atoms with E-state index in [2.05, 4.69) is 20.9 Å². The minimum Gasteiger partial charge on any atom is -0.495 e. The molecule has 1 heterocycles. The van der Waals surface area contributed by atoms with Crippen molar-refractivity contribution in [3.8, 4) is 5.75 Å². The zero-order valence-corrected chi connectivity index (χ0v) is 22.2. The number of hydrogen-bond donors (Lipinski definition) is 4. The van der Waals surface area contributed by atoms with E-state index in [1.54, 1.807) is 18.2 Å². The Hall–Kier alpha value is -4.08. The van der Waals surface area contributed by atoms with Gasteiger partial charge in [-0.05, 0) is 55.0 Å². The molecule has 0 aromatic heterocycles. The Morgan fingerprint density at radius 2 is 1.87 bits per heavy atom. The summed E-state index contributed by atoms with van der Waals surface area (Å²) in [5.41, 5.74) is 2.83. The molecule has 10 heteroatoms. The third-order valence-electron chi connectivity index (χ3n) is 6.04. The lowest BCUT2D eigenvalue weighted by Crippen LogP contribution is -2.42. The maximum Gasteiger partial charge on any atom is 0.323 e. The molecule has 0 bridgehead atoms. The number of carboxylic acid groups (broad SMARTS) is 1. The van der Waals surface area contributed by atoms with Crippen molar-refractivity contribution >= 4 is 35.2 Å². The van der Waals surface area contributed by atoms with E-state index in [0.29, 0.717) is 48.0 Å². The van der Waals surface area contributed by atoms with Crippen LogP contribution in [0.3, 0.4) is 0 Å². The van der Waals surface area contributed by atoms with Crippen LogP contribution >= 0.6 is 0 Å². The summed E-state index contributed by atoms with van der Waals surface area (Å²) in [5, 5.41) is 17.5. The number of para-hydroxylation sites is 1. The van der Waals surface area contributed by atoms with Crippen molar-refractivity contribution in [2.45, 2.75) is 58.5 Å². The van der Waals surface area contributed by atoms with Gasteiger partial charge in [-0.2, -0.15) is 0 Å². The van der Waals surface area contributed by atoms with Crippen LogP contribution in [0.1, 0.15) is 44.2 Å². The standard InChI is InChI=1S/C28H36N4O6/c1-17(2)13-23(27-29-20(16-38-27)10-12-26(34)35)30-25(33)15-19-9-11-22(24(14-19)37-4)32-28(36)31-21-8-6-5-7-18(21)3/h5-9,11,14,17,20,23H,10,12-13,15-16H2,1-4H3,(H,30,33)(H,34,35)(H2,31,32,36). The van der Waals surface area contributed by atoms with Crippen LogP contribution in [0.2, 0.25) is 0 Å². The number of methoxy groups -OCH3 is 1. The number of hydrogen-bond acceptors (Lipinski definition) is 6. The molecule has 3 amide bonds. The van der Waals surface area contributed by atoms with Crippen molar-refractivity contribution in [1.82, 2.24) is 5.32 Å². The molecule has 1 aliphatic rings. The molecule has 38 heavy (non-hydrogen) atoms. The number of carboxylic acids is 1. The molecule has 10 nitrogen and oxygen atoms in total. The second-order valence-corrected chi connectivity index (χ2v) is 9.72. The quantitative estimate of drug-likeness (QED) is 0.325. The van der Waals surface area contributed by atoms with Crippen molar-refractivity contribution in [3.05, 3.63) is 53.6 Å². The van der Waals surface area contributed by atoms with Crippen molar-refractivity contribution in [1.29, 1.82) is 0 Å². The van der Waals surface area contributed by atoms with Crippen LogP contribution < -0.4 is 20.7 Å². The summed E-state index contributed by atoms with van der Waals surface area (Å²) >= 11 is 0. The van der Waals surface area contributed by atoms with Gasteiger partial charge in [-0.3, -0.25) is 9.59 Å². The van der Waals surface area contributed by atoms with Crippen LogP contribution in [0.25, 0.3) is 0 Å². The van der Waals surface area contributed by atoms with Crippen LogP contribution in [0.4, 0.5) is 16.2 Å².